The van der Waals surface area contributed by atoms with Crippen molar-refractivity contribution in [3.05, 3.63) is 83.2 Å². The predicted molar refractivity (Wildman–Crippen MR) is 104 cm³/mol. The fourth-order valence-electron chi connectivity index (χ4n) is 2.57. The zero-order valence-corrected chi connectivity index (χ0v) is 15.2. The smallest absolute Gasteiger partial charge is 0.266 e. The molecule has 6 nitrogen and oxygen atoms in total. The van der Waals surface area contributed by atoms with E-state index in [2.05, 4.69) is 20.8 Å². The highest BCUT2D eigenvalue weighted by atomic mass is 32.1. The molecule has 0 unspecified atom stereocenters. The first-order valence-electron chi connectivity index (χ1n) is 8.29. The molecule has 2 aromatic carbocycles. The van der Waals surface area contributed by atoms with Crippen molar-refractivity contribution in [2.75, 3.05) is 0 Å². The Morgan fingerprint density at radius 2 is 1.54 bits per heavy atom. The van der Waals surface area contributed by atoms with Gasteiger partial charge in [0.15, 0.2) is 0 Å². The average molecular weight is 392 g/mol. The molecule has 28 heavy (non-hydrogen) atoms. The lowest BCUT2D eigenvalue weighted by atomic mass is 10.2. The Morgan fingerprint density at radius 1 is 0.821 bits per heavy atom. The normalized spacial score (nSPS) is 10.6. The number of aromatic nitrogens is 2. The number of nitrogens with one attached hydrogen (secondary N) is 2. The van der Waals surface area contributed by atoms with E-state index in [1.54, 1.807) is 36.4 Å². The van der Waals surface area contributed by atoms with Crippen molar-refractivity contribution in [2.45, 2.75) is 0 Å². The van der Waals surface area contributed by atoms with Crippen molar-refractivity contribution in [3.8, 4) is 10.6 Å². The van der Waals surface area contributed by atoms with Crippen LogP contribution >= 0.6 is 11.3 Å². The molecular weight excluding hydrogens is 379 g/mol. The molecular formula is C20H13FN4O2S. The Kier molecular flexibility index (Phi) is 4.77. The first-order chi connectivity index (χ1) is 13.6. The lowest BCUT2D eigenvalue weighted by molar-refractivity contribution is 0.0842. The zero-order chi connectivity index (χ0) is 19.5. The number of hydrazine groups is 1. The number of nitrogens with zero attached hydrogens (tertiary/aromatic N) is 2. The third-order valence-corrected chi connectivity index (χ3v) is 4.84. The molecule has 0 radical (unpaired) electrons. The Morgan fingerprint density at radius 3 is 2.36 bits per heavy atom. The van der Waals surface area contributed by atoms with Crippen LogP contribution in [0, 0.1) is 5.82 Å². The highest BCUT2D eigenvalue weighted by Crippen LogP contribution is 2.25. The largest absolute Gasteiger partial charge is 0.289 e. The van der Waals surface area contributed by atoms with Crippen molar-refractivity contribution in [1.82, 2.24) is 20.8 Å². The SMILES string of the molecule is O=C(NNC(=O)c1ccc2ccccc2n1)c1csc(-c2ccccc2F)n1. The van der Waals surface area contributed by atoms with Gasteiger partial charge < -0.3 is 0 Å². The van der Waals surface area contributed by atoms with Crippen molar-refractivity contribution in [2.24, 2.45) is 0 Å². The summed E-state index contributed by atoms with van der Waals surface area (Å²) in [5.74, 6) is -1.57. The summed E-state index contributed by atoms with van der Waals surface area (Å²) in [6.45, 7) is 0. The van der Waals surface area contributed by atoms with Crippen LogP contribution in [0.4, 0.5) is 4.39 Å². The monoisotopic (exact) mass is 392 g/mol. The van der Waals surface area contributed by atoms with E-state index in [9.17, 15) is 14.0 Å². The molecule has 0 spiro atoms. The van der Waals surface area contributed by atoms with E-state index in [-0.39, 0.29) is 11.4 Å². The molecule has 0 atom stereocenters. The van der Waals surface area contributed by atoms with Gasteiger partial charge in [0.05, 0.1) is 5.52 Å². The minimum absolute atomic E-state index is 0.0787. The number of benzene rings is 2. The van der Waals surface area contributed by atoms with Crippen LogP contribution in [0.2, 0.25) is 0 Å². The topological polar surface area (TPSA) is 84.0 Å². The van der Waals surface area contributed by atoms with E-state index >= 15 is 0 Å². The van der Waals surface area contributed by atoms with Crippen LogP contribution < -0.4 is 10.9 Å². The third-order valence-electron chi connectivity index (χ3n) is 3.96. The van der Waals surface area contributed by atoms with Crippen LogP contribution in [-0.2, 0) is 0 Å². The number of carbonyl (C=O) groups excluding carboxylic acids is 2. The highest BCUT2D eigenvalue weighted by Gasteiger charge is 2.15. The number of halogens is 1. The molecule has 138 valence electrons. The van der Waals surface area contributed by atoms with E-state index in [4.69, 9.17) is 0 Å². The molecule has 0 aliphatic heterocycles. The molecule has 8 heteroatoms. The van der Waals surface area contributed by atoms with E-state index in [0.29, 0.717) is 16.1 Å². The lowest BCUT2D eigenvalue weighted by Gasteiger charge is -2.06. The van der Waals surface area contributed by atoms with Gasteiger partial charge in [-0.15, -0.1) is 11.3 Å². The number of fused-ring (bicyclic) bond motifs is 1. The molecule has 2 N–H and O–H groups in total. The van der Waals surface area contributed by atoms with Crippen LogP contribution in [0.3, 0.4) is 0 Å². The maximum Gasteiger partial charge on any atom is 0.289 e. The Balaban J connectivity index is 1.44. The average Bonchev–Trinajstić information content (AvgIpc) is 3.22. The maximum absolute atomic E-state index is 13.8. The van der Waals surface area contributed by atoms with E-state index in [0.717, 1.165) is 16.7 Å². The lowest BCUT2D eigenvalue weighted by Crippen LogP contribution is -2.42. The Hall–Kier alpha value is -3.65. The summed E-state index contributed by atoms with van der Waals surface area (Å²) in [6, 6.07) is 16.9. The summed E-state index contributed by atoms with van der Waals surface area (Å²) in [6.07, 6.45) is 0. The molecule has 2 aromatic heterocycles. The van der Waals surface area contributed by atoms with Gasteiger partial charge in [-0.2, -0.15) is 0 Å². The van der Waals surface area contributed by atoms with Gasteiger partial charge >= 0.3 is 0 Å². The minimum atomic E-state index is -0.604. The van der Waals surface area contributed by atoms with Crippen LogP contribution in [-0.4, -0.2) is 21.8 Å². The van der Waals surface area contributed by atoms with Gasteiger partial charge in [0.1, 0.15) is 22.2 Å². The van der Waals surface area contributed by atoms with Crippen LogP contribution in [0.15, 0.2) is 66.0 Å². The van der Waals surface area contributed by atoms with Gasteiger partial charge in [-0.3, -0.25) is 20.4 Å². The third kappa shape index (κ3) is 3.58. The number of carbonyl (C=O) groups is 2. The van der Waals surface area contributed by atoms with Gasteiger partial charge in [-0.25, -0.2) is 14.4 Å². The maximum atomic E-state index is 13.8. The van der Waals surface area contributed by atoms with Gasteiger partial charge in [-0.05, 0) is 24.3 Å². The first-order valence-corrected chi connectivity index (χ1v) is 9.17. The Labute approximate surface area is 163 Å². The molecule has 0 saturated carbocycles. The number of rotatable bonds is 3. The number of hydrogen-bond donors (Lipinski definition) is 2. The number of para-hydroxylation sites is 1. The standard InChI is InChI=1S/C20H13FN4O2S/c21-14-7-3-2-6-13(14)20-23-17(11-28-20)19(27)25-24-18(26)16-10-9-12-5-1-4-8-15(12)22-16/h1-11H,(H,24,26)(H,25,27). The van der Waals surface area contributed by atoms with Crippen molar-refractivity contribution >= 4 is 34.1 Å². The van der Waals surface area contributed by atoms with E-state index in [1.165, 1.54) is 11.4 Å². The number of thiazole rings is 1. The molecule has 2 heterocycles. The highest BCUT2D eigenvalue weighted by molar-refractivity contribution is 7.13. The second-order valence-electron chi connectivity index (χ2n) is 5.82. The van der Waals surface area contributed by atoms with E-state index in [1.807, 2.05) is 18.2 Å². The molecule has 2 amide bonds. The summed E-state index contributed by atoms with van der Waals surface area (Å²) in [5, 5.41) is 2.79. The Bertz CT molecular complexity index is 1190. The van der Waals surface area contributed by atoms with Gasteiger partial charge in [0.2, 0.25) is 0 Å². The fourth-order valence-corrected chi connectivity index (χ4v) is 3.40. The number of hydrogen-bond acceptors (Lipinski definition) is 5. The van der Waals surface area contributed by atoms with Crippen molar-refractivity contribution < 1.29 is 14.0 Å². The molecule has 4 rings (SSSR count). The van der Waals surface area contributed by atoms with E-state index < -0.39 is 17.6 Å². The van der Waals surface area contributed by atoms with Gasteiger partial charge in [0.25, 0.3) is 11.8 Å². The van der Waals surface area contributed by atoms with Crippen molar-refractivity contribution in [3.63, 3.8) is 0 Å². The summed E-state index contributed by atoms with van der Waals surface area (Å²) in [5.41, 5.74) is 5.85. The van der Waals surface area contributed by atoms with Gasteiger partial charge in [-0.1, -0.05) is 36.4 Å². The van der Waals surface area contributed by atoms with Crippen molar-refractivity contribution in [1.29, 1.82) is 0 Å². The molecule has 0 aliphatic carbocycles. The summed E-state index contributed by atoms with van der Waals surface area (Å²) < 4.78 is 13.8. The fraction of sp³-hybridized carbons (Fsp3) is 0. The second kappa shape index (κ2) is 7.53. The number of amides is 2. The zero-order valence-electron chi connectivity index (χ0n) is 14.3. The molecule has 0 bridgehead atoms. The summed E-state index contributed by atoms with van der Waals surface area (Å²) in [4.78, 5) is 32.9. The summed E-state index contributed by atoms with van der Waals surface area (Å²) >= 11 is 1.14. The second-order valence-corrected chi connectivity index (χ2v) is 6.67. The summed E-state index contributed by atoms with van der Waals surface area (Å²) in [7, 11) is 0. The molecule has 0 fully saturated rings. The quantitative estimate of drug-likeness (QED) is 0.522. The minimum Gasteiger partial charge on any atom is -0.266 e. The first kappa shape index (κ1) is 17.7. The molecule has 0 saturated heterocycles. The predicted octanol–water partition coefficient (Wildman–Crippen LogP) is 3.57. The van der Waals surface area contributed by atoms with Crippen LogP contribution in [0.5, 0.6) is 0 Å². The number of pyridine rings is 1. The van der Waals surface area contributed by atoms with Crippen LogP contribution in [0.1, 0.15) is 21.0 Å². The molecule has 4 aromatic rings. The van der Waals surface area contributed by atoms with Gasteiger partial charge in [0, 0.05) is 16.3 Å². The van der Waals surface area contributed by atoms with Crippen LogP contribution in [0.25, 0.3) is 21.5 Å². The molecule has 0 aliphatic rings.